The molecule has 1 amide bonds. The third-order valence-corrected chi connectivity index (χ3v) is 4.21. The van der Waals surface area contributed by atoms with Crippen LogP contribution in [0.15, 0.2) is 39.7 Å². The van der Waals surface area contributed by atoms with E-state index in [9.17, 15) is 9.18 Å². The van der Waals surface area contributed by atoms with Crippen LogP contribution >= 0.6 is 31.9 Å². The molecule has 0 radical (unpaired) electrons. The first-order valence-corrected chi connectivity index (χ1v) is 8.82. The fraction of sp³-hybridized carbons (Fsp3) is 0.312. The molecule has 0 saturated carbocycles. The Morgan fingerprint density at radius 3 is 2.65 bits per heavy atom. The van der Waals surface area contributed by atoms with Gasteiger partial charge in [-0.2, -0.15) is 0 Å². The van der Waals surface area contributed by atoms with Crippen LogP contribution in [0, 0.1) is 5.82 Å². The van der Waals surface area contributed by atoms with Crippen molar-refractivity contribution < 1.29 is 9.18 Å². The molecule has 2 rings (SSSR count). The first-order chi connectivity index (χ1) is 11.0. The van der Waals surface area contributed by atoms with E-state index in [1.165, 1.54) is 12.3 Å². The molecule has 1 N–H and O–H groups in total. The molecule has 0 fully saturated rings. The number of pyridine rings is 2. The van der Waals surface area contributed by atoms with E-state index in [0.29, 0.717) is 10.9 Å². The summed E-state index contributed by atoms with van der Waals surface area (Å²) in [5, 5.41) is 2.58. The summed E-state index contributed by atoms with van der Waals surface area (Å²) in [5.74, 6) is -1.33. The van der Waals surface area contributed by atoms with Crippen LogP contribution in [0.1, 0.15) is 37.7 Å². The lowest BCUT2D eigenvalue weighted by Crippen LogP contribution is -2.22. The van der Waals surface area contributed by atoms with E-state index < -0.39 is 11.7 Å². The highest BCUT2D eigenvalue weighted by molar-refractivity contribution is 9.10. The largest absolute Gasteiger partial charge is 0.308 e. The Morgan fingerprint density at radius 1 is 1.26 bits per heavy atom. The van der Waals surface area contributed by atoms with Crippen molar-refractivity contribution in [2.24, 2.45) is 0 Å². The van der Waals surface area contributed by atoms with Crippen molar-refractivity contribution in [3.05, 3.63) is 51.0 Å². The molecule has 0 aromatic carbocycles. The number of nitrogens with one attached hydrogen (secondary N) is 1. The Bertz CT molecular complexity index is 697. The minimum atomic E-state index is -0.575. The number of halogens is 3. The van der Waals surface area contributed by atoms with E-state index >= 15 is 0 Å². The number of rotatable bonds is 6. The molecule has 0 aliphatic carbocycles. The van der Waals surface area contributed by atoms with E-state index in [0.717, 1.165) is 22.9 Å². The number of hydrogen-bond acceptors (Lipinski definition) is 3. The first kappa shape index (κ1) is 18.0. The highest BCUT2D eigenvalue weighted by Gasteiger charge is 2.22. The van der Waals surface area contributed by atoms with Gasteiger partial charge >= 0.3 is 0 Å². The Kier molecular flexibility index (Phi) is 6.65. The quantitative estimate of drug-likeness (QED) is 0.677. The van der Waals surface area contributed by atoms with Gasteiger partial charge in [0, 0.05) is 27.5 Å². The van der Waals surface area contributed by atoms with Gasteiger partial charge in [-0.1, -0.05) is 19.8 Å². The minimum Gasteiger partial charge on any atom is -0.308 e. The van der Waals surface area contributed by atoms with Crippen LogP contribution in [-0.4, -0.2) is 15.9 Å². The maximum Gasteiger partial charge on any atom is 0.233 e. The smallest absolute Gasteiger partial charge is 0.233 e. The second-order valence-corrected chi connectivity index (χ2v) is 6.94. The molecule has 2 aromatic heterocycles. The molecule has 2 heterocycles. The van der Waals surface area contributed by atoms with E-state index in [1.54, 1.807) is 12.4 Å². The van der Waals surface area contributed by atoms with Crippen molar-refractivity contribution in [1.82, 2.24) is 9.97 Å². The van der Waals surface area contributed by atoms with Gasteiger partial charge in [0.25, 0.3) is 0 Å². The van der Waals surface area contributed by atoms with Gasteiger partial charge in [-0.3, -0.25) is 9.78 Å². The number of amides is 1. The molecule has 23 heavy (non-hydrogen) atoms. The third kappa shape index (κ3) is 5.07. The minimum absolute atomic E-state index is 0.0670. The first-order valence-electron chi connectivity index (χ1n) is 7.23. The summed E-state index contributed by atoms with van der Waals surface area (Å²) in [4.78, 5) is 20.6. The zero-order valence-corrected chi connectivity index (χ0v) is 15.7. The summed E-state index contributed by atoms with van der Waals surface area (Å²) >= 11 is 6.50. The van der Waals surface area contributed by atoms with Crippen molar-refractivity contribution in [1.29, 1.82) is 0 Å². The van der Waals surface area contributed by atoms with Crippen LogP contribution in [0.2, 0.25) is 0 Å². The van der Waals surface area contributed by atoms with E-state index in [4.69, 9.17) is 0 Å². The summed E-state index contributed by atoms with van der Waals surface area (Å²) in [5.41, 5.74) is 0.794. The van der Waals surface area contributed by atoms with Crippen LogP contribution in [-0.2, 0) is 4.79 Å². The lowest BCUT2D eigenvalue weighted by atomic mass is 9.94. The fourth-order valence-corrected chi connectivity index (χ4v) is 2.87. The van der Waals surface area contributed by atoms with Crippen molar-refractivity contribution in [2.45, 2.75) is 32.1 Å². The van der Waals surface area contributed by atoms with Crippen LogP contribution in [0.4, 0.5) is 10.2 Å². The molecule has 7 heteroatoms. The topological polar surface area (TPSA) is 54.9 Å². The highest BCUT2D eigenvalue weighted by Crippen LogP contribution is 2.26. The molecule has 0 saturated heterocycles. The van der Waals surface area contributed by atoms with Crippen LogP contribution in [0.3, 0.4) is 0 Å². The molecule has 0 spiro atoms. The zero-order chi connectivity index (χ0) is 16.8. The number of nitrogens with zero attached hydrogens (tertiary/aromatic N) is 2. The number of hydrogen-bond donors (Lipinski definition) is 1. The molecule has 1 unspecified atom stereocenters. The Balaban J connectivity index is 2.22. The lowest BCUT2D eigenvalue weighted by Gasteiger charge is -2.17. The van der Waals surface area contributed by atoms with Crippen LogP contribution in [0.25, 0.3) is 0 Å². The van der Waals surface area contributed by atoms with E-state index in [2.05, 4.69) is 54.1 Å². The normalized spacial score (nSPS) is 12.0. The lowest BCUT2D eigenvalue weighted by molar-refractivity contribution is -0.117. The van der Waals surface area contributed by atoms with Gasteiger partial charge in [-0.15, -0.1) is 0 Å². The fourth-order valence-electron chi connectivity index (χ4n) is 2.19. The Morgan fingerprint density at radius 2 is 2.00 bits per heavy atom. The summed E-state index contributed by atoms with van der Waals surface area (Å²) in [6, 6.07) is 3.13. The molecule has 0 aliphatic rings. The average molecular weight is 445 g/mol. The molecule has 4 nitrogen and oxygen atoms in total. The molecule has 2 aromatic rings. The summed E-state index contributed by atoms with van der Waals surface area (Å²) < 4.78 is 15.2. The number of carbonyl (C=O) groups excluding carboxylic acids is 1. The molecule has 0 bridgehead atoms. The van der Waals surface area contributed by atoms with Gasteiger partial charge in [-0.05, 0) is 56.0 Å². The Hall–Kier alpha value is -1.34. The Labute approximate surface area is 151 Å². The standard InChI is InChI=1S/C16H16Br2FN3O/c1-2-3-4-13(10-5-11(17)8-20-7-10)16(23)22-15-14(19)6-12(18)9-21-15/h5-9,13H,2-4H2,1H3,(H,21,22,23). The van der Waals surface area contributed by atoms with E-state index in [1.807, 2.05) is 6.07 Å². The summed E-state index contributed by atoms with van der Waals surface area (Å²) in [7, 11) is 0. The van der Waals surface area contributed by atoms with Gasteiger partial charge in [0.2, 0.25) is 5.91 Å². The zero-order valence-electron chi connectivity index (χ0n) is 12.5. The van der Waals surface area contributed by atoms with Crippen LogP contribution in [0.5, 0.6) is 0 Å². The van der Waals surface area contributed by atoms with Gasteiger partial charge in [-0.25, -0.2) is 9.37 Å². The molecule has 122 valence electrons. The van der Waals surface area contributed by atoms with E-state index in [-0.39, 0.29) is 11.7 Å². The molecule has 0 aliphatic heterocycles. The van der Waals surface area contributed by atoms with Crippen molar-refractivity contribution in [3.8, 4) is 0 Å². The van der Waals surface area contributed by atoms with Gasteiger partial charge in [0.1, 0.15) is 0 Å². The monoisotopic (exact) mass is 443 g/mol. The third-order valence-electron chi connectivity index (χ3n) is 3.34. The number of anilines is 1. The number of unbranched alkanes of at least 4 members (excludes halogenated alkanes) is 1. The van der Waals surface area contributed by atoms with Crippen molar-refractivity contribution in [2.75, 3.05) is 5.32 Å². The molecular formula is C16H16Br2FN3O. The molecule has 1 atom stereocenters. The van der Waals surface area contributed by atoms with Gasteiger partial charge < -0.3 is 5.32 Å². The number of carbonyl (C=O) groups is 1. The maximum absolute atomic E-state index is 13.9. The predicted octanol–water partition coefficient (Wildman–Crippen LogP) is 5.05. The molecular weight excluding hydrogens is 429 g/mol. The summed E-state index contributed by atoms with van der Waals surface area (Å²) in [6.45, 7) is 2.06. The maximum atomic E-state index is 13.9. The van der Waals surface area contributed by atoms with Gasteiger partial charge in [0.05, 0.1) is 5.92 Å². The summed E-state index contributed by atoms with van der Waals surface area (Å²) in [6.07, 6.45) is 7.29. The predicted molar refractivity (Wildman–Crippen MR) is 94.7 cm³/mol. The highest BCUT2D eigenvalue weighted by atomic mass is 79.9. The van der Waals surface area contributed by atoms with Crippen molar-refractivity contribution in [3.63, 3.8) is 0 Å². The average Bonchev–Trinajstić information content (AvgIpc) is 2.50. The van der Waals surface area contributed by atoms with Gasteiger partial charge in [0.15, 0.2) is 11.6 Å². The SMILES string of the molecule is CCCCC(C(=O)Nc1ncc(Br)cc1F)c1cncc(Br)c1. The van der Waals surface area contributed by atoms with Crippen molar-refractivity contribution >= 4 is 43.6 Å². The van der Waals surface area contributed by atoms with Crippen LogP contribution < -0.4 is 5.32 Å². The number of aromatic nitrogens is 2. The second kappa shape index (κ2) is 8.49. The second-order valence-electron chi connectivity index (χ2n) is 5.10.